The van der Waals surface area contributed by atoms with E-state index in [1.165, 1.54) is 17.3 Å². The summed E-state index contributed by atoms with van der Waals surface area (Å²) in [4.78, 5) is 26.5. The van der Waals surface area contributed by atoms with Crippen LogP contribution in [0.5, 0.6) is 0 Å². The second-order valence-corrected chi connectivity index (χ2v) is 4.12. The van der Waals surface area contributed by atoms with Gasteiger partial charge in [0.05, 0.1) is 0 Å². The Balaban J connectivity index is 2.68. The van der Waals surface area contributed by atoms with Gasteiger partial charge in [-0.25, -0.2) is 14.5 Å². The van der Waals surface area contributed by atoms with Crippen molar-refractivity contribution in [3.8, 4) is 0 Å². The van der Waals surface area contributed by atoms with Gasteiger partial charge < -0.3 is 10.4 Å². The summed E-state index contributed by atoms with van der Waals surface area (Å²) in [6.07, 6.45) is 2.73. The van der Waals surface area contributed by atoms with Crippen LogP contribution in [0.3, 0.4) is 0 Å². The molecule has 1 amide bonds. The van der Waals surface area contributed by atoms with Gasteiger partial charge >= 0.3 is 5.97 Å². The number of carboxylic acids is 1. The van der Waals surface area contributed by atoms with Crippen molar-refractivity contribution in [2.45, 2.75) is 32.9 Å². The van der Waals surface area contributed by atoms with Gasteiger partial charge in [0, 0.05) is 0 Å². The molecule has 0 bridgehead atoms. The van der Waals surface area contributed by atoms with E-state index >= 15 is 0 Å². The molecule has 0 saturated heterocycles. The second kappa shape index (κ2) is 5.42. The zero-order valence-corrected chi connectivity index (χ0v) is 9.99. The van der Waals surface area contributed by atoms with Crippen LogP contribution in [0, 0.1) is 5.92 Å². The third-order valence-electron chi connectivity index (χ3n) is 2.44. The van der Waals surface area contributed by atoms with Gasteiger partial charge in [0.25, 0.3) is 0 Å². The van der Waals surface area contributed by atoms with Crippen LogP contribution in [-0.2, 0) is 9.59 Å². The number of amides is 1. The van der Waals surface area contributed by atoms with E-state index in [-0.39, 0.29) is 5.92 Å². The van der Waals surface area contributed by atoms with Gasteiger partial charge in [0.1, 0.15) is 24.7 Å². The van der Waals surface area contributed by atoms with Gasteiger partial charge in [-0.05, 0) is 12.8 Å². The van der Waals surface area contributed by atoms with Crippen molar-refractivity contribution >= 4 is 11.9 Å². The number of carboxylic acid groups (broad SMARTS) is 1. The number of carbonyl (C=O) groups excluding carboxylic acids is 1. The summed E-state index contributed by atoms with van der Waals surface area (Å²) in [7, 11) is 0. The van der Waals surface area contributed by atoms with Crippen LogP contribution in [0.25, 0.3) is 0 Å². The summed E-state index contributed by atoms with van der Waals surface area (Å²) >= 11 is 0. The first-order valence-corrected chi connectivity index (χ1v) is 5.30. The first-order valence-electron chi connectivity index (χ1n) is 5.30. The highest BCUT2D eigenvalue weighted by molar-refractivity contribution is 5.85. The van der Waals surface area contributed by atoms with E-state index in [4.69, 9.17) is 5.11 Å². The second-order valence-electron chi connectivity index (χ2n) is 4.12. The molecule has 7 nitrogen and oxygen atoms in total. The number of aromatic nitrogens is 3. The minimum atomic E-state index is -1.04. The summed E-state index contributed by atoms with van der Waals surface area (Å²) in [6.45, 7) is 5.10. The number of nitrogens with one attached hydrogen (secondary N) is 1. The van der Waals surface area contributed by atoms with E-state index < -0.39 is 24.0 Å². The maximum atomic E-state index is 11.8. The number of carbonyl (C=O) groups is 2. The van der Waals surface area contributed by atoms with E-state index in [0.717, 1.165) is 0 Å². The van der Waals surface area contributed by atoms with E-state index in [9.17, 15) is 9.59 Å². The SMILES string of the molecule is CC(C)[C@@H](NC(=O)C(C)n1cncn1)C(=O)O. The molecule has 0 aliphatic rings. The molecule has 0 fully saturated rings. The van der Waals surface area contributed by atoms with Gasteiger partial charge in [-0.2, -0.15) is 5.10 Å². The molecular formula is C10H16N4O3. The molecule has 7 heteroatoms. The highest BCUT2D eigenvalue weighted by Crippen LogP contribution is 2.06. The fraction of sp³-hybridized carbons (Fsp3) is 0.600. The molecule has 1 unspecified atom stereocenters. The summed E-state index contributed by atoms with van der Waals surface area (Å²) in [5.41, 5.74) is 0. The summed E-state index contributed by atoms with van der Waals surface area (Å²) in [6, 6.07) is -1.48. The molecule has 1 heterocycles. The Morgan fingerprint density at radius 3 is 2.41 bits per heavy atom. The molecule has 0 radical (unpaired) electrons. The molecule has 0 aliphatic carbocycles. The van der Waals surface area contributed by atoms with Crippen molar-refractivity contribution in [2.24, 2.45) is 5.92 Å². The molecule has 17 heavy (non-hydrogen) atoms. The monoisotopic (exact) mass is 240 g/mol. The Morgan fingerprint density at radius 1 is 1.35 bits per heavy atom. The first kappa shape index (κ1) is 13.1. The number of rotatable bonds is 5. The minimum absolute atomic E-state index is 0.181. The van der Waals surface area contributed by atoms with Crippen LogP contribution < -0.4 is 5.32 Å². The van der Waals surface area contributed by atoms with E-state index in [1.807, 2.05) is 0 Å². The van der Waals surface area contributed by atoms with E-state index in [2.05, 4.69) is 15.4 Å². The van der Waals surface area contributed by atoms with Crippen molar-refractivity contribution in [2.75, 3.05) is 0 Å². The first-order chi connectivity index (χ1) is 7.93. The van der Waals surface area contributed by atoms with Crippen molar-refractivity contribution < 1.29 is 14.7 Å². The van der Waals surface area contributed by atoms with Gasteiger partial charge in [0.15, 0.2) is 0 Å². The summed E-state index contributed by atoms with van der Waals surface area (Å²) in [5.74, 6) is -1.62. The smallest absolute Gasteiger partial charge is 0.326 e. The van der Waals surface area contributed by atoms with Gasteiger partial charge in [-0.1, -0.05) is 13.8 Å². The van der Waals surface area contributed by atoms with Gasteiger partial charge in [-0.3, -0.25) is 4.79 Å². The van der Waals surface area contributed by atoms with E-state index in [0.29, 0.717) is 0 Å². The number of hydrogen-bond donors (Lipinski definition) is 2. The molecule has 1 rings (SSSR count). The van der Waals surface area contributed by atoms with E-state index in [1.54, 1.807) is 20.8 Å². The minimum Gasteiger partial charge on any atom is -0.480 e. The highest BCUT2D eigenvalue weighted by atomic mass is 16.4. The largest absolute Gasteiger partial charge is 0.480 e. The van der Waals surface area contributed by atoms with Crippen molar-refractivity contribution in [3.63, 3.8) is 0 Å². The van der Waals surface area contributed by atoms with Crippen molar-refractivity contribution in [1.82, 2.24) is 20.1 Å². The summed E-state index contributed by atoms with van der Waals surface area (Å²) in [5, 5.41) is 15.3. The molecule has 94 valence electrons. The zero-order valence-electron chi connectivity index (χ0n) is 9.99. The number of aliphatic carboxylic acids is 1. The molecule has 0 saturated carbocycles. The standard InChI is InChI=1S/C10H16N4O3/c1-6(2)8(10(16)17)13-9(15)7(3)14-5-11-4-12-14/h4-8H,1-3H3,(H,13,15)(H,16,17)/t7?,8-/m1/s1. The highest BCUT2D eigenvalue weighted by Gasteiger charge is 2.26. The number of nitrogens with zero attached hydrogens (tertiary/aromatic N) is 3. The van der Waals surface area contributed by atoms with Crippen LogP contribution in [0.4, 0.5) is 0 Å². The quantitative estimate of drug-likeness (QED) is 0.758. The van der Waals surface area contributed by atoms with Crippen LogP contribution >= 0.6 is 0 Å². The average Bonchev–Trinajstić information content (AvgIpc) is 2.76. The molecule has 0 aliphatic heterocycles. The normalized spacial score (nSPS) is 14.4. The van der Waals surface area contributed by atoms with Crippen LogP contribution in [0.2, 0.25) is 0 Å². The summed E-state index contributed by atoms with van der Waals surface area (Å²) < 4.78 is 1.37. The fourth-order valence-corrected chi connectivity index (χ4v) is 1.32. The maximum Gasteiger partial charge on any atom is 0.326 e. The number of hydrogen-bond acceptors (Lipinski definition) is 4. The molecule has 0 spiro atoms. The fourth-order valence-electron chi connectivity index (χ4n) is 1.32. The van der Waals surface area contributed by atoms with Crippen molar-refractivity contribution in [3.05, 3.63) is 12.7 Å². The lowest BCUT2D eigenvalue weighted by atomic mass is 10.0. The van der Waals surface area contributed by atoms with Gasteiger partial charge in [0.2, 0.25) is 5.91 Å². The van der Waals surface area contributed by atoms with Crippen LogP contribution in [0.1, 0.15) is 26.8 Å². The lowest BCUT2D eigenvalue weighted by molar-refractivity contribution is -0.143. The lowest BCUT2D eigenvalue weighted by Gasteiger charge is -2.20. The molecule has 2 atom stereocenters. The maximum absolute atomic E-state index is 11.8. The molecular weight excluding hydrogens is 224 g/mol. The Hall–Kier alpha value is -1.92. The predicted octanol–water partition coefficient (Wildman–Crippen LogP) is 0.0645. The Bertz CT molecular complexity index is 388. The third kappa shape index (κ3) is 3.27. The third-order valence-corrected chi connectivity index (χ3v) is 2.44. The molecule has 2 N–H and O–H groups in total. The van der Waals surface area contributed by atoms with Crippen LogP contribution in [0.15, 0.2) is 12.7 Å². The molecule has 1 aromatic heterocycles. The average molecular weight is 240 g/mol. The Labute approximate surface area is 98.8 Å². The lowest BCUT2D eigenvalue weighted by Crippen LogP contribution is -2.46. The van der Waals surface area contributed by atoms with Crippen molar-refractivity contribution in [1.29, 1.82) is 0 Å². The van der Waals surface area contributed by atoms with Gasteiger partial charge in [-0.15, -0.1) is 0 Å². The Kier molecular flexibility index (Phi) is 4.19. The molecule has 0 aromatic carbocycles. The van der Waals surface area contributed by atoms with Crippen LogP contribution in [-0.4, -0.2) is 37.8 Å². The Morgan fingerprint density at radius 2 is 2.00 bits per heavy atom. The zero-order chi connectivity index (χ0) is 13.0. The predicted molar refractivity (Wildman–Crippen MR) is 59.1 cm³/mol. The molecule has 1 aromatic rings. The topological polar surface area (TPSA) is 97.1 Å².